The summed E-state index contributed by atoms with van der Waals surface area (Å²) in [6.07, 6.45) is 0. The van der Waals surface area contributed by atoms with Crippen molar-refractivity contribution in [2.75, 3.05) is 4.90 Å². The third kappa shape index (κ3) is 4.59. The Balaban J connectivity index is 1.19. The first-order chi connectivity index (χ1) is 23.7. The van der Waals surface area contributed by atoms with E-state index in [1.165, 1.54) is 38.4 Å². The molecule has 0 N–H and O–H groups in total. The summed E-state index contributed by atoms with van der Waals surface area (Å²) in [6.45, 7) is 0. The van der Waals surface area contributed by atoms with Crippen LogP contribution in [0.1, 0.15) is 5.56 Å². The van der Waals surface area contributed by atoms with Crippen molar-refractivity contribution in [3.8, 4) is 34.0 Å². The Morgan fingerprint density at radius 3 is 1.71 bits per heavy atom. The Morgan fingerprint density at radius 2 is 1.00 bits per heavy atom. The van der Waals surface area contributed by atoms with E-state index in [0.717, 1.165) is 39.2 Å². The summed E-state index contributed by atoms with van der Waals surface area (Å²) in [6, 6.07) is 64.4. The van der Waals surface area contributed by atoms with Crippen LogP contribution in [0.4, 0.5) is 17.1 Å². The fourth-order valence-corrected chi connectivity index (χ4v) is 7.12. The van der Waals surface area contributed by atoms with Crippen LogP contribution in [0.25, 0.3) is 60.5 Å². The van der Waals surface area contributed by atoms with Crippen LogP contribution in [0, 0.1) is 11.3 Å². The van der Waals surface area contributed by atoms with E-state index < -0.39 is 0 Å². The van der Waals surface area contributed by atoms with Crippen LogP contribution in [-0.4, -0.2) is 4.57 Å². The van der Waals surface area contributed by atoms with E-state index in [4.69, 9.17) is 0 Å². The van der Waals surface area contributed by atoms with Crippen molar-refractivity contribution < 1.29 is 0 Å². The molecular weight excluding hydrogens is 583 g/mol. The lowest BCUT2D eigenvalue weighted by molar-refractivity contribution is 1.17. The highest BCUT2D eigenvalue weighted by molar-refractivity contribution is 6.24. The molecule has 3 nitrogen and oxygen atoms in total. The second-order valence-electron chi connectivity index (χ2n) is 12.2. The van der Waals surface area contributed by atoms with Crippen LogP contribution in [0.15, 0.2) is 176 Å². The zero-order chi connectivity index (χ0) is 32.0. The summed E-state index contributed by atoms with van der Waals surface area (Å²) in [7, 11) is 0. The van der Waals surface area contributed by atoms with Crippen molar-refractivity contribution in [1.82, 2.24) is 4.57 Å². The lowest BCUT2D eigenvalue weighted by Gasteiger charge is -2.26. The summed E-state index contributed by atoms with van der Waals surface area (Å²) in [4.78, 5) is 2.32. The first-order valence-electron chi connectivity index (χ1n) is 16.2. The van der Waals surface area contributed by atoms with Gasteiger partial charge in [-0.15, -0.1) is 0 Å². The molecule has 0 bridgehead atoms. The Hall–Kier alpha value is -6.63. The van der Waals surface area contributed by atoms with E-state index in [1.807, 2.05) is 18.2 Å². The summed E-state index contributed by atoms with van der Waals surface area (Å²) >= 11 is 0. The third-order valence-corrected chi connectivity index (χ3v) is 9.34. The molecule has 0 saturated carbocycles. The molecule has 0 aliphatic heterocycles. The van der Waals surface area contributed by atoms with Crippen LogP contribution in [-0.2, 0) is 0 Å². The molecule has 1 aromatic heterocycles. The molecule has 0 aliphatic carbocycles. The molecule has 0 aliphatic rings. The van der Waals surface area contributed by atoms with Crippen molar-refractivity contribution >= 4 is 49.6 Å². The first kappa shape index (κ1) is 27.7. The van der Waals surface area contributed by atoms with Gasteiger partial charge in [-0.05, 0) is 99.8 Å². The molecule has 0 amide bonds. The first-order valence-corrected chi connectivity index (χ1v) is 16.2. The molecule has 0 spiro atoms. The monoisotopic (exact) mass is 611 g/mol. The normalized spacial score (nSPS) is 11.3. The van der Waals surface area contributed by atoms with Gasteiger partial charge in [-0.3, -0.25) is 0 Å². The van der Waals surface area contributed by atoms with E-state index >= 15 is 0 Å². The minimum atomic E-state index is 0.662. The van der Waals surface area contributed by atoms with Crippen molar-refractivity contribution in [3.05, 3.63) is 181 Å². The smallest absolute Gasteiger partial charge is 0.0992 e. The molecule has 0 unspecified atom stereocenters. The molecule has 0 radical (unpaired) electrons. The number of hydrogen-bond donors (Lipinski definition) is 0. The van der Waals surface area contributed by atoms with Gasteiger partial charge in [0.1, 0.15) is 0 Å². The summed E-state index contributed by atoms with van der Waals surface area (Å²) < 4.78 is 2.30. The average Bonchev–Trinajstić information content (AvgIpc) is 3.50. The number of hydrogen-bond acceptors (Lipinski definition) is 2. The maximum Gasteiger partial charge on any atom is 0.0992 e. The highest BCUT2D eigenvalue weighted by Crippen LogP contribution is 2.41. The maximum absolute atomic E-state index is 9.87. The van der Waals surface area contributed by atoms with Gasteiger partial charge in [0.25, 0.3) is 0 Å². The van der Waals surface area contributed by atoms with E-state index in [0.29, 0.717) is 5.56 Å². The molecule has 9 aromatic rings. The second-order valence-corrected chi connectivity index (χ2v) is 12.2. The molecule has 48 heavy (non-hydrogen) atoms. The molecule has 9 rings (SSSR count). The zero-order valence-electron chi connectivity index (χ0n) is 26.1. The Bertz CT molecular complexity index is 2590. The zero-order valence-corrected chi connectivity index (χ0v) is 26.1. The van der Waals surface area contributed by atoms with Crippen LogP contribution in [0.3, 0.4) is 0 Å². The van der Waals surface area contributed by atoms with Crippen LogP contribution < -0.4 is 4.90 Å². The quantitative estimate of drug-likeness (QED) is 0.175. The molecular formula is C45H29N3. The van der Waals surface area contributed by atoms with Crippen molar-refractivity contribution in [2.24, 2.45) is 0 Å². The van der Waals surface area contributed by atoms with Crippen molar-refractivity contribution in [1.29, 1.82) is 5.26 Å². The van der Waals surface area contributed by atoms with Crippen LogP contribution >= 0.6 is 0 Å². The second kappa shape index (κ2) is 11.3. The van der Waals surface area contributed by atoms with Crippen molar-refractivity contribution in [3.63, 3.8) is 0 Å². The lowest BCUT2D eigenvalue weighted by Crippen LogP contribution is -2.10. The van der Waals surface area contributed by atoms with Gasteiger partial charge < -0.3 is 9.47 Å². The van der Waals surface area contributed by atoms with E-state index in [-0.39, 0.29) is 0 Å². The molecule has 0 atom stereocenters. The number of anilines is 3. The van der Waals surface area contributed by atoms with E-state index in [9.17, 15) is 5.26 Å². The van der Waals surface area contributed by atoms with Crippen LogP contribution in [0.2, 0.25) is 0 Å². The van der Waals surface area contributed by atoms with Gasteiger partial charge >= 0.3 is 0 Å². The number of nitrogens with zero attached hydrogens (tertiary/aromatic N) is 3. The fourth-order valence-electron chi connectivity index (χ4n) is 7.12. The summed E-state index contributed by atoms with van der Waals surface area (Å²) in [5.74, 6) is 0. The predicted molar refractivity (Wildman–Crippen MR) is 200 cm³/mol. The van der Waals surface area contributed by atoms with Gasteiger partial charge in [0.15, 0.2) is 0 Å². The molecule has 0 saturated heterocycles. The summed E-state index contributed by atoms with van der Waals surface area (Å²) in [5.41, 5.74) is 11.8. The van der Waals surface area contributed by atoms with Gasteiger partial charge in [-0.2, -0.15) is 5.26 Å². The minimum absolute atomic E-state index is 0.662. The van der Waals surface area contributed by atoms with Gasteiger partial charge in [0.05, 0.1) is 22.7 Å². The molecule has 8 aromatic carbocycles. The number of nitriles is 1. The lowest BCUT2D eigenvalue weighted by atomic mass is 10.0. The van der Waals surface area contributed by atoms with Gasteiger partial charge in [0, 0.05) is 33.5 Å². The van der Waals surface area contributed by atoms with Crippen molar-refractivity contribution in [2.45, 2.75) is 0 Å². The molecule has 0 fully saturated rings. The standard InChI is InChI=1S/C45H29N3/c46-30-31-27-37-18-17-35-13-8-16-42-44(35)45(37)43(28-31)48(42)40-25-23-39(24-26-40)47(38-21-19-34(20-22-38)32-9-3-1-4-10-32)41-15-7-14-36(29-41)33-11-5-2-6-12-33/h1-29H. The van der Waals surface area contributed by atoms with Gasteiger partial charge in [-0.1, -0.05) is 109 Å². The fraction of sp³-hybridized carbons (Fsp3) is 0. The molecule has 224 valence electrons. The van der Waals surface area contributed by atoms with Crippen LogP contribution in [0.5, 0.6) is 0 Å². The number of rotatable bonds is 6. The Morgan fingerprint density at radius 1 is 0.417 bits per heavy atom. The minimum Gasteiger partial charge on any atom is -0.310 e. The van der Waals surface area contributed by atoms with Gasteiger partial charge in [-0.25, -0.2) is 0 Å². The Labute approximate surface area is 279 Å². The highest BCUT2D eigenvalue weighted by atomic mass is 15.1. The average molecular weight is 612 g/mol. The topological polar surface area (TPSA) is 32.0 Å². The van der Waals surface area contributed by atoms with E-state index in [1.54, 1.807) is 0 Å². The Kier molecular flexibility index (Phi) is 6.52. The molecule has 3 heteroatoms. The number of aromatic nitrogens is 1. The highest BCUT2D eigenvalue weighted by Gasteiger charge is 2.19. The SMILES string of the molecule is N#Cc1cc2ccc3cccc4c3c2c(c1)n4-c1ccc(N(c2ccc(-c3ccccc3)cc2)c2cccc(-c3ccccc3)c2)cc1. The number of benzene rings is 8. The summed E-state index contributed by atoms with van der Waals surface area (Å²) in [5, 5.41) is 14.6. The molecule has 1 heterocycles. The van der Waals surface area contributed by atoms with Gasteiger partial charge in [0.2, 0.25) is 0 Å². The van der Waals surface area contributed by atoms with E-state index in [2.05, 4.69) is 173 Å². The third-order valence-electron chi connectivity index (χ3n) is 9.34. The maximum atomic E-state index is 9.87. The predicted octanol–water partition coefficient (Wildman–Crippen LogP) is 12.1. The largest absolute Gasteiger partial charge is 0.310 e.